The molecule has 2 N–H and O–H groups in total. The van der Waals surface area contributed by atoms with E-state index in [1.807, 2.05) is 0 Å². The van der Waals surface area contributed by atoms with Gasteiger partial charge in [0.15, 0.2) is 17.3 Å². The second-order valence-corrected chi connectivity index (χ2v) is 3.16. The molecule has 0 spiro atoms. The molecule has 0 saturated carbocycles. The number of carbonyl (C=O) groups is 1. The van der Waals surface area contributed by atoms with Crippen LogP contribution in [0, 0.1) is 5.82 Å². The summed E-state index contributed by atoms with van der Waals surface area (Å²) in [5.41, 5.74) is 3.99. The summed E-state index contributed by atoms with van der Waals surface area (Å²) in [7, 11) is 1.27. The van der Waals surface area contributed by atoms with Crippen molar-refractivity contribution < 1.29 is 22.7 Å². The minimum Gasteiger partial charge on any atom is -0.494 e. The summed E-state index contributed by atoms with van der Waals surface area (Å²) in [5.74, 6) is -1.57. The molecule has 0 aliphatic rings. The Bertz CT molecular complexity index is 458. The van der Waals surface area contributed by atoms with Crippen molar-refractivity contribution in [3.05, 3.63) is 41.4 Å². The summed E-state index contributed by atoms with van der Waals surface area (Å²) in [6.07, 6.45) is -2.34. The zero-order valence-corrected chi connectivity index (χ0v) is 8.91. The van der Waals surface area contributed by atoms with Crippen LogP contribution in [-0.4, -0.2) is 19.3 Å². The van der Waals surface area contributed by atoms with Crippen molar-refractivity contribution in [1.29, 1.82) is 0 Å². The van der Waals surface area contributed by atoms with Gasteiger partial charge in [0.1, 0.15) is 0 Å². The lowest BCUT2D eigenvalue weighted by Gasteiger charge is -2.03. The van der Waals surface area contributed by atoms with Crippen molar-refractivity contribution >= 4 is 5.78 Å². The summed E-state index contributed by atoms with van der Waals surface area (Å²) in [4.78, 5) is 11.4. The van der Waals surface area contributed by atoms with Crippen molar-refractivity contribution in [3.8, 4) is 5.75 Å². The zero-order chi connectivity index (χ0) is 13.0. The summed E-state index contributed by atoms with van der Waals surface area (Å²) in [6, 6.07) is 3.39. The molecule has 1 rings (SSSR count). The van der Waals surface area contributed by atoms with E-state index in [0.29, 0.717) is 6.08 Å². The number of ether oxygens (including phenoxy) is 1. The van der Waals surface area contributed by atoms with Gasteiger partial charge in [-0.3, -0.25) is 4.79 Å². The van der Waals surface area contributed by atoms with Gasteiger partial charge >= 0.3 is 0 Å². The van der Waals surface area contributed by atoms with Crippen LogP contribution in [0.25, 0.3) is 0 Å². The lowest BCUT2D eigenvalue weighted by molar-refractivity contribution is 0.104. The number of carbonyl (C=O) groups excluding carboxylic acids is 1. The molecule has 17 heavy (non-hydrogen) atoms. The van der Waals surface area contributed by atoms with E-state index in [4.69, 9.17) is 5.73 Å². The van der Waals surface area contributed by atoms with Gasteiger partial charge in [-0.1, -0.05) is 0 Å². The first-order valence-corrected chi connectivity index (χ1v) is 4.58. The number of halogens is 3. The maximum absolute atomic E-state index is 13.2. The molecule has 0 bridgehead atoms. The van der Waals surface area contributed by atoms with Gasteiger partial charge < -0.3 is 10.5 Å². The van der Waals surface area contributed by atoms with Gasteiger partial charge in [0.25, 0.3) is 6.43 Å². The van der Waals surface area contributed by atoms with Crippen molar-refractivity contribution in [2.45, 2.75) is 6.43 Å². The fourth-order valence-corrected chi connectivity index (χ4v) is 1.12. The number of ketones is 1. The molecular weight excluding hydrogens is 235 g/mol. The molecule has 6 heteroatoms. The monoisotopic (exact) mass is 245 g/mol. The van der Waals surface area contributed by atoms with Crippen molar-refractivity contribution in [3.63, 3.8) is 0 Å². The quantitative estimate of drug-likeness (QED) is 0.653. The summed E-state index contributed by atoms with van der Waals surface area (Å²) in [6.45, 7) is 0. The first-order valence-electron chi connectivity index (χ1n) is 4.58. The zero-order valence-electron chi connectivity index (χ0n) is 8.91. The topological polar surface area (TPSA) is 52.3 Å². The van der Waals surface area contributed by atoms with Crippen molar-refractivity contribution in [2.24, 2.45) is 5.73 Å². The second-order valence-electron chi connectivity index (χ2n) is 3.16. The van der Waals surface area contributed by atoms with E-state index in [1.165, 1.54) is 19.2 Å². The van der Waals surface area contributed by atoms with Gasteiger partial charge in [0.2, 0.25) is 0 Å². The first-order chi connectivity index (χ1) is 7.95. The normalized spacial score (nSPS) is 11.7. The maximum atomic E-state index is 13.2. The lowest BCUT2D eigenvalue weighted by Crippen LogP contribution is -2.10. The molecule has 0 fully saturated rings. The van der Waals surface area contributed by atoms with Crippen LogP contribution < -0.4 is 10.5 Å². The summed E-state index contributed by atoms with van der Waals surface area (Å²) >= 11 is 0. The maximum Gasteiger partial charge on any atom is 0.277 e. The van der Waals surface area contributed by atoms with Gasteiger partial charge in [0, 0.05) is 11.6 Å². The third kappa shape index (κ3) is 3.24. The fraction of sp³-hybridized carbons (Fsp3) is 0.182. The Morgan fingerprint density at radius 2 is 2.12 bits per heavy atom. The van der Waals surface area contributed by atoms with Crippen LogP contribution in [0.5, 0.6) is 5.75 Å². The highest BCUT2D eigenvalue weighted by Gasteiger charge is 2.12. The number of allylic oxidation sites excluding steroid dienone is 2. The van der Waals surface area contributed by atoms with Gasteiger partial charge in [-0.2, -0.15) is 0 Å². The minimum absolute atomic E-state index is 0.0349. The van der Waals surface area contributed by atoms with Crippen LogP contribution in [0.2, 0.25) is 0 Å². The van der Waals surface area contributed by atoms with E-state index in [2.05, 4.69) is 4.74 Å². The average Bonchev–Trinajstić information content (AvgIpc) is 2.28. The molecule has 0 aromatic heterocycles. The standard InChI is InChI=1S/C11H10F3NO2/c1-17-10-3-2-6(4-7(10)12)9(16)5-8(15)11(13)14/h2-5,11H,15H2,1H3/b8-5-. The van der Waals surface area contributed by atoms with Gasteiger partial charge in [0.05, 0.1) is 12.8 Å². The van der Waals surface area contributed by atoms with Crippen LogP contribution in [0.4, 0.5) is 13.2 Å². The Morgan fingerprint density at radius 3 is 2.59 bits per heavy atom. The molecule has 0 aliphatic heterocycles. The molecule has 0 amide bonds. The van der Waals surface area contributed by atoms with E-state index in [0.717, 1.165) is 6.07 Å². The summed E-state index contributed by atoms with van der Waals surface area (Å²) < 4.78 is 42.0. The predicted octanol–water partition coefficient (Wildman–Crippen LogP) is 2.12. The number of rotatable bonds is 4. The molecule has 0 radical (unpaired) electrons. The third-order valence-corrected chi connectivity index (χ3v) is 1.99. The largest absolute Gasteiger partial charge is 0.494 e. The van der Waals surface area contributed by atoms with E-state index >= 15 is 0 Å². The highest BCUT2D eigenvalue weighted by molar-refractivity contribution is 6.05. The lowest BCUT2D eigenvalue weighted by atomic mass is 10.1. The predicted molar refractivity (Wildman–Crippen MR) is 55.6 cm³/mol. The number of nitrogens with two attached hydrogens (primary N) is 1. The third-order valence-electron chi connectivity index (χ3n) is 1.99. The van der Waals surface area contributed by atoms with Gasteiger partial charge in [-0.25, -0.2) is 13.2 Å². The number of hydrogen-bond acceptors (Lipinski definition) is 3. The molecule has 0 heterocycles. The molecule has 92 valence electrons. The highest BCUT2D eigenvalue weighted by Crippen LogP contribution is 2.18. The molecule has 0 atom stereocenters. The van der Waals surface area contributed by atoms with Crippen LogP contribution in [0.15, 0.2) is 30.0 Å². The molecule has 1 aromatic rings. The Hall–Kier alpha value is -1.98. The fourth-order valence-electron chi connectivity index (χ4n) is 1.12. The molecular formula is C11H10F3NO2. The average molecular weight is 245 g/mol. The first kappa shape index (κ1) is 13.1. The molecule has 3 nitrogen and oxygen atoms in total. The van der Waals surface area contributed by atoms with Crippen LogP contribution >= 0.6 is 0 Å². The van der Waals surface area contributed by atoms with Gasteiger partial charge in [-0.05, 0) is 18.2 Å². The number of alkyl halides is 2. The second kappa shape index (κ2) is 5.38. The molecule has 1 aromatic carbocycles. The van der Waals surface area contributed by atoms with Gasteiger partial charge in [-0.15, -0.1) is 0 Å². The number of hydrogen-bond donors (Lipinski definition) is 1. The van der Waals surface area contributed by atoms with Crippen molar-refractivity contribution in [1.82, 2.24) is 0 Å². The summed E-state index contributed by atoms with van der Waals surface area (Å²) in [5, 5.41) is 0. The Kier molecular flexibility index (Phi) is 4.14. The van der Waals surface area contributed by atoms with Crippen LogP contribution in [0.1, 0.15) is 10.4 Å². The molecule has 0 unspecified atom stereocenters. The van der Waals surface area contributed by atoms with Crippen molar-refractivity contribution in [2.75, 3.05) is 7.11 Å². The highest BCUT2D eigenvalue weighted by atomic mass is 19.3. The Morgan fingerprint density at radius 1 is 1.47 bits per heavy atom. The minimum atomic E-state index is -2.91. The molecule has 0 aliphatic carbocycles. The smallest absolute Gasteiger partial charge is 0.277 e. The van der Waals surface area contributed by atoms with E-state index in [1.54, 1.807) is 0 Å². The van der Waals surface area contributed by atoms with E-state index in [-0.39, 0.29) is 11.3 Å². The molecule has 0 saturated heterocycles. The Labute approximate surface area is 95.7 Å². The Balaban J connectivity index is 2.98. The van der Waals surface area contributed by atoms with E-state index in [9.17, 15) is 18.0 Å². The SMILES string of the molecule is COc1ccc(C(=O)/C=C(\N)C(F)F)cc1F. The van der Waals surface area contributed by atoms with Crippen LogP contribution in [0.3, 0.4) is 0 Å². The number of benzene rings is 1. The van der Waals surface area contributed by atoms with Crippen LogP contribution in [-0.2, 0) is 0 Å². The van der Waals surface area contributed by atoms with E-state index < -0.39 is 23.7 Å². The number of methoxy groups -OCH3 is 1.